The molecule has 0 saturated heterocycles. The van der Waals surface area contributed by atoms with Crippen molar-refractivity contribution < 1.29 is 31.5 Å². The lowest BCUT2D eigenvalue weighted by Gasteiger charge is -2.26. The summed E-state index contributed by atoms with van der Waals surface area (Å²) < 4.78 is 68.3. The number of benzene rings is 3. The second-order valence-electron chi connectivity index (χ2n) is 9.15. The Morgan fingerprint density at radius 3 is 2.26 bits per heavy atom. The number of sulfonamides is 1. The van der Waals surface area contributed by atoms with E-state index >= 15 is 0 Å². The highest BCUT2D eigenvalue weighted by Crippen LogP contribution is 2.38. The first kappa shape index (κ1) is 28.4. The fraction of sp³-hybridized carbons (Fsp3) is 0.259. The number of fused-ring (bicyclic) bond motifs is 1. The fourth-order valence-corrected chi connectivity index (χ4v) is 6.17. The quantitative estimate of drug-likeness (QED) is 0.258. The Bertz CT molecular complexity index is 1630. The van der Waals surface area contributed by atoms with Gasteiger partial charge in [0, 0.05) is 12.1 Å². The minimum atomic E-state index is -4.61. The molecule has 1 heterocycles. The second-order valence-corrected chi connectivity index (χ2v) is 11.4. The molecule has 0 unspecified atom stereocenters. The molecule has 12 heteroatoms. The SMILES string of the molecule is CCc1nc2cc(C(F)(F)F)c(Cl)cc2n1-c1ccc(C[C@@H](C)N(C(=O)O)S(=O)(=O)c2ccc(C)cc2)cc1. The average Bonchev–Trinajstić information content (AvgIpc) is 3.20. The summed E-state index contributed by atoms with van der Waals surface area (Å²) in [6.45, 7) is 5.13. The van der Waals surface area contributed by atoms with E-state index in [0.29, 0.717) is 33.3 Å². The molecule has 1 atom stereocenters. The van der Waals surface area contributed by atoms with Crippen molar-refractivity contribution in [1.82, 2.24) is 13.9 Å². The molecule has 0 aliphatic heterocycles. The predicted octanol–water partition coefficient (Wildman–Crippen LogP) is 6.87. The van der Waals surface area contributed by atoms with Crippen molar-refractivity contribution in [1.29, 1.82) is 0 Å². The summed E-state index contributed by atoms with van der Waals surface area (Å²) in [5.41, 5.74) is 1.72. The maximum atomic E-state index is 13.3. The third-order valence-electron chi connectivity index (χ3n) is 6.33. The number of rotatable bonds is 7. The smallest absolute Gasteiger partial charge is 0.421 e. The lowest BCUT2D eigenvalue weighted by molar-refractivity contribution is -0.137. The number of carboxylic acid groups (broad SMARTS) is 1. The molecule has 0 spiro atoms. The highest BCUT2D eigenvalue weighted by molar-refractivity contribution is 7.89. The molecule has 7 nitrogen and oxygen atoms in total. The fourth-order valence-electron chi connectivity index (χ4n) is 4.45. The minimum Gasteiger partial charge on any atom is -0.464 e. The maximum absolute atomic E-state index is 13.3. The van der Waals surface area contributed by atoms with Gasteiger partial charge in [0.1, 0.15) is 5.82 Å². The zero-order valence-corrected chi connectivity index (χ0v) is 22.8. The maximum Gasteiger partial charge on any atom is 0.421 e. The van der Waals surface area contributed by atoms with Crippen LogP contribution < -0.4 is 0 Å². The summed E-state index contributed by atoms with van der Waals surface area (Å²) in [6.07, 6.45) is -5.66. The molecule has 0 fully saturated rings. The van der Waals surface area contributed by atoms with Gasteiger partial charge in [-0.1, -0.05) is 48.4 Å². The van der Waals surface area contributed by atoms with Gasteiger partial charge < -0.3 is 5.11 Å². The summed E-state index contributed by atoms with van der Waals surface area (Å²) in [5, 5.41) is 9.31. The lowest BCUT2D eigenvalue weighted by Crippen LogP contribution is -2.43. The number of imidazole rings is 1. The summed E-state index contributed by atoms with van der Waals surface area (Å²) in [6, 6.07) is 14.0. The Morgan fingerprint density at radius 1 is 1.10 bits per heavy atom. The van der Waals surface area contributed by atoms with Gasteiger partial charge in [-0.25, -0.2) is 18.2 Å². The second kappa shape index (κ2) is 10.5. The van der Waals surface area contributed by atoms with Crippen LogP contribution in [0.15, 0.2) is 65.6 Å². The van der Waals surface area contributed by atoms with E-state index in [4.69, 9.17) is 11.6 Å². The average molecular weight is 580 g/mol. The van der Waals surface area contributed by atoms with Crippen LogP contribution in [0.3, 0.4) is 0 Å². The van der Waals surface area contributed by atoms with E-state index in [0.717, 1.165) is 11.6 Å². The highest BCUT2D eigenvalue weighted by Gasteiger charge is 2.35. The molecular weight excluding hydrogens is 555 g/mol. The number of aryl methyl sites for hydroxylation is 2. The normalized spacial score (nSPS) is 13.0. The molecule has 4 rings (SSSR count). The first-order chi connectivity index (χ1) is 18.2. The van der Waals surface area contributed by atoms with Gasteiger partial charge in [-0.15, -0.1) is 0 Å². The Morgan fingerprint density at radius 2 is 1.72 bits per heavy atom. The zero-order valence-electron chi connectivity index (χ0n) is 21.2. The predicted molar refractivity (Wildman–Crippen MR) is 142 cm³/mol. The van der Waals surface area contributed by atoms with E-state index in [9.17, 15) is 31.5 Å². The molecule has 1 amide bonds. The molecule has 1 aromatic heterocycles. The minimum absolute atomic E-state index is 0.101. The number of aromatic nitrogens is 2. The van der Waals surface area contributed by atoms with Crippen LogP contribution in [-0.4, -0.2) is 39.5 Å². The van der Waals surface area contributed by atoms with Gasteiger partial charge in [-0.2, -0.15) is 17.5 Å². The molecular formula is C27H25ClF3N3O4S. The van der Waals surface area contributed by atoms with Crippen LogP contribution in [-0.2, 0) is 29.0 Å². The monoisotopic (exact) mass is 579 g/mol. The van der Waals surface area contributed by atoms with E-state index in [1.54, 1.807) is 47.9 Å². The number of amides is 1. The third kappa shape index (κ3) is 5.60. The summed E-state index contributed by atoms with van der Waals surface area (Å²) in [7, 11) is -4.30. The van der Waals surface area contributed by atoms with Crippen LogP contribution in [0.4, 0.5) is 18.0 Å². The van der Waals surface area contributed by atoms with Crippen molar-refractivity contribution in [2.45, 2.75) is 50.7 Å². The van der Waals surface area contributed by atoms with Gasteiger partial charge in [0.25, 0.3) is 10.0 Å². The van der Waals surface area contributed by atoms with E-state index in [2.05, 4.69) is 4.98 Å². The van der Waals surface area contributed by atoms with E-state index in [-0.39, 0.29) is 16.8 Å². The number of carbonyl (C=O) groups is 1. The van der Waals surface area contributed by atoms with Gasteiger partial charge in [0.15, 0.2) is 0 Å². The number of hydrogen-bond donors (Lipinski definition) is 1. The molecule has 0 bridgehead atoms. The Hall–Kier alpha value is -3.57. The number of halogens is 4. The first-order valence-electron chi connectivity index (χ1n) is 12.0. The first-order valence-corrected chi connectivity index (χ1v) is 13.8. The van der Waals surface area contributed by atoms with Gasteiger partial charge in [0.2, 0.25) is 0 Å². The van der Waals surface area contributed by atoms with Crippen LogP contribution in [0, 0.1) is 6.92 Å². The van der Waals surface area contributed by atoms with Crippen LogP contribution >= 0.6 is 11.6 Å². The number of hydrogen-bond acceptors (Lipinski definition) is 4. The van der Waals surface area contributed by atoms with E-state index in [1.165, 1.54) is 25.1 Å². The van der Waals surface area contributed by atoms with Crippen LogP contribution in [0.5, 0.6) is 0 Å². The van der Waals surface area contributed by atoms with Crippen molar-refractivity contribution in [3.05, 3.63) is 88.2 Å². The van der Waals surface area contributed by atoms with Crippen LogP contribution in [0.1, 0.15) is 36.4 Å². The van der Waals surface area contributed by atoms with E-state index < -0.39 is 38.9 Å². The highest BCUT2D eigenvalue weighted by atomic mass is 35.5. The third-order valence-corrected chi connectivity index (χ3v) is 8.54. The Labute approximate surface area is 228 Å². The van der Waals surface area contributed by atoms with Crippen molar-refractivity contribution in [2.75, 3.05) is 0 Å². The van der Waals surface area contributed by atoms with Crippen molar-refractivity contribution in [3.63, 3.8) is 0 Å². The number of alkyl halides is 3. The molecule has 0 saturated carbocycles. The van der Waals surface area contributed by atoms with Crippen LogP contribution in [0.25, 0.3) is 16.7 Å². The largest absolute Gasteiger partial charge is 0.464 e. The molecule has 206 valence electrons. The molecule has 0 radical (unpaired) electrons. The summed E-state index contributed by atoms with van der Waals surface area (Å²) >= 11 is 5.96. The topological polar surface area (TPSA) is 92.5 Å². The molecule has 3 aromatic carbocycles. The summed E-state index contributed by atoms with van der Waals surface area (Å²) in [4.78, 5) is 16.2. The van der Waals surface area contributed by atoms with Crippen molar-refractivity contribution in [3.8, 4) is 5.69 Å². The van der Waals surface area contributed by atoms with Gasteiger partial charge in [0.05, 0.1) is 32.6 Å². The lowest BCUT2D eigenvalue weighted by atomic mass is 10.1. The van der Waals surface area contributed by atoms with Gasteiger partial charge in [-0.3, -0.25) is 4.57 Å². The van der Waals surface area contributed by atoms with Gasteiger partial charge in [-0.05, 0) is 62.2 Å². The van der Waals surface area contributed by atoms with Crippen LogP contribution in [0.2, 0.25) is 5.02 Å². The van der Waals surface area contributed by atoms with Gasteiger partial charge >= 0.3 is 12.3 Å². The number of nitrogens with zero attached hydrogens (tertiary/aromatic N) is 3. The Balaban J connectivity index is 1.65. The molecule has 1 N–H and O–H groups in total. The molecule has 0 aliphatic carbocycles. The summed E-state index contributed by atoms with van der Waals surface area (Å²) in [5.74, 6) is 0.530. The molecule has 0 aliphatic rings. The zero-order chi connectivity index (χ0) is 28.7. The van der Waals surface area contributed by atoms with Crippen molar-refractivity contribution >= 4 is 38.8 Å². The Kier molecular flexibility index (Phi) is 7.68. The van der Waals surface area contributed by atoms with E-state index in [1.807, 2.05) is 6.92 Å². The standard InChI is InChI=1S/C27H25ClF3N3O4S/c1-4-25-32-23-14-21(27(29,30)31)22(28)15-24(23)33(25)19-9-7-18(8-10-19)13-17(3)34(26(35)36)39(37,38)20-11-5-16(2)6-12-20/h5-12,14-15,17H,4,13H2,1-3H3,(H,35,36)/t17-/m1/s1. The van der Waals surface area contributed by atoms with Crippen molar-refractivity contribution in [2.24, 2.45) is 0 Å². The molecule has 39 heavy (non-hydrogen) atoms. The molecule has 4 aromatic rings.